The van der Waals surface area contributed by atoms with Crippen LogP contribution in [0.5, 0.6) is 0 Å². The normalized spacial score (nSPS) is 12.7. The number of nitrogens with two attached hydrogens (primary N) is 1. The summed E-state index contributed by atoms with van der Waals surface area (Å²) in [6.45, 7) is 1.98. The van der Waals surface area contributed by atoms with E-state index in [1.807, 2.05) is 19.2 Å². The quantitative estimate of drug-likeness (QED) is 0.860. The third kappa shape index (κ3) is 2.64. The number of nitrogens with zero attached hydrogens (tertiary/aromatic N) is 1. The monoisotopic (exact) mass is 218 g/mol. The predicted octanol–water partition coefficient (Wildman–Crippen LogP) is 2.69. The van der Waals surface area contributed by atoms with Gasteiger partial charge in [-0.3, -0.25) is 4.98 Å². The van der Waals surface area contributed by atoms with Gasteiger partial charge >= 0.3 is 0 Å². The van der Waals surface area contributed by atoms with Crippen LogP contribution in [0.15, 0.2) is 35.2 Å². The summed E-state index contributed by atoms with van der Waals surface area (Å²) in [4.78, 5) is 4.25. The molecule has 2 N–H and O–H groups in total. The molecule has 0 aliphatic rings. The lowest BCUT2D eigenvalue weighted by Crippen LogP contribution is -2.13. The maximum Gasteiger partial charge on any atom is 0.0372 e. The molecule has 0 radical (unpaired) electrons. The number of aryl methyl sites for hydroxylation is 1. The van der Waals surface area contributed by atoms with Gasteiger partial charge in [-0.1, -0.05) is 6.07 Å². The van der Waals surface area contributed by atoms with E-state index in [2.05, 4.69) is 27.9 Å². The van der Waals surface area contributed by atoms with Crippen LogP contribution in [0.1, 0.15) is 22.9 Å². The summed E-state index contributed by atoms with van der Waals surface area (Å²) in [5.41, 5.74) is 9.53. The van der Waals surface area contributed by atoms with Crippen LogP contribution in [0.3, 0.4) is 0 Å². The van der Waals surface area contributed by atoms with Crippen molar-refractivity contribution < 1.29 is 0 Å². The van der Waals surface area contributed by atoms with Crippen LogP contribution < -0.4 is 5.73 Å². The zero-order chi connectivity index (χ0) is 10.7. The van der Waals surface area contributed by atoms with Crippen molar-refractivity contribution in [3.63, 3.8) is 0 Å². The van der Waals surface area contributed by atoms with Gasteiger partial charge in [-0.15, -0.1) is 0 Å². The summed E-state index contributed by atoms with van der Waals surface area (Å²) in [5.74, 6) is 0. The molecule has 3 heteroatoms. The van der Waals surface area contributed by atoms with Crippen LogP contribution in [0, 0.1) is 6.92 Å². The van der Waals surface area contributed by atoms with Gasteiger partial charge < -0.3 is 5.73 Å². The van der Waals surface area contributed by atoms with Crippen molar-refractivity contribution in [1.82, 2.24) is 4.98 Å². The Morgan fingerprint density at radius 1 is 1.40 bits per heavy atom. The first-order chi connectivity index (χ1) is 7.25. The van der Waals surface area contributed by atoms with Crippen molar-refractivity contribution in [2.45, 2.75) is 19.4 Å². The molecule has 0 fully saturated rings. The second-order valence-corrected chi connectivity index (χ2v) is 4.46. The molecule has 0 amide bonds. The van der Waals surface area contributed by atoms with Gasteiger partial charge in [0.1, 0.15) is 0 Å². The lowest BCUT2D eigenvalue weighted by atomic mass is 10.0. The molecule has 0 spiro atoms. The van der Waals surface area contributed by atoms with Crippen molar-refractivity contribution in [2.75, 3.05) is 0 Å². The van der Waals surface area contributed by atoms with Crippen molar-refractivity contribution >= 4 is 11.3 Å². The average molecular weight is 218 g/mol. The van der Waals surface area contributed by atoms with Gasteiger partial charge in [0, 0.05) is 17.9 Å². The molecule has 2 nitrogen and oxygen atoms in total. The van der Waals surface area contributed by atoms with Crippen LogP contribution >= 0.6 is 11.3 Å². The predicted molar refractivity (Wildman–Crippen MR) is 63.9 cm³/mol. The minimum Gasteiger partial charge on any atom is -0.324 e. The first-order valence-corrected chi connectivity index (χ1v) is 5.89. The Balaban J connectivity index is 2.08. The van der Waals surface area contributed by atoms with Crippen LogP contribution in [-0.4, -0.2) is 4.98 Å². The van der Waals surface area contributed by atoms with Gasteiger partial charge in [0.25, 0.3) is 0 Å². The van der Waals surface area contributed by atoms with Crippen molar-refractivity contribution in [2.24, 2.45) is 5.73 Å². The first-order valence-electron chi connectivity index (χ1n) is 4.95. The van der Waals surface area contributed by atoms with Gasteiger partial charge in [0.2, 0.25) is 0 Å². The molecule has 2 heterocycles. The van der Waals surface area contributed by atoms with E-state index < -0.39 is 0 Å². The number of hydrogen-bond donors (Lipinski definition) is 1. The van der Waals surface area contributed by atoms with E-state index in [4.69, 9.17) is 5.73 Å². The van der Waals surface area contributed by atoms with Crippen LogP contribution in [-0.2, 0) is 6.42 Å². The van der Waals surface area contributed by atoms with E-state index in [-0.39, 0.29) is 6.04 Å². The average Bonchev–Trinajstić information content (AvgIpc) is 2.71. The molecule has 78 valence electrons. The summed E-state index contributed by atoms with van der Waals surface area (Å²) in [6.07, 6.45) is 2.75. The summed E-state index contributed by atoms with van der Waals surface area (Å²) >= 11 is 1.71. The fraction of sp³-hybridized carbons (Fsp3) is 0.250. The SMILES string of the molecule is Cc1ccc(C(N)Cc2ccsc2)cn1. The van der Waals surface area contributed by atoms with Gasteiger partial charge in [-0.25, -0.2) is 0 Å². The molecule has 0 saturated heterocycles. The van der Waals surface area contributed by atoms with Crippen LogP contribution in [0.4, 0.5) is 0 Å². The number of hydrogen-bond acceptors (Lipinski definition) is 3. The molecular formula is C12H14N2S. The molecule has 0 bridgehead atoms. The van der Waals surface area contributed by atoms with Gasteiger partial charge in [-0.05, 0) is 47.4 Å². The molecular weight excluding hydrogens is 204 g/mol. The lowest BCUT2D eigenvalue weighted by molar-refractivity contribution is 0.719. The first kappa shape index (κ1) is 10.3. The Kier molecular flexibility index (Phi) is 3.14. The van der Waals surface area contributed by atoms with E-state index >= 15 is 0 Å². The summed E-state index contributed by atoms with van der Waals surface area (Å²) in [6, 6.07) is 6.22. The smallest absolute Gasteiger partial charge is 0.0372 e. The zero-order valence-corrected chi connectivity index (χ0v) is 9.50. The van der Waals surface area contributed by atoms with E-state index in [9.17, 15) is 0 Å². The van der Waals surface area contributed by atoms with Crippen LogP contribution in [0.25, 0.3) is 0 Å². The third-order valence-electron chi connectivity index (χ3n) is 2.40. The molecule has 2 rings (SSSR count). The largest absolute Gasteiger partial charge is 0.324 e. The maximum absolute atomic E-state index is 6.10. The lowest BCUT2D eigenvalue weighted by Gasteiger charge is -2.10. The second-order valence-electron chi connectivity index (χ2n) is 3.68. The van der Waals surface area contributed by atoms with Crippen molar-refractivity contribution in [1.29, 1.82) is 0 Å². The zero-order valence-electron chi connectivity index (χ0n) is 8.68. The molecule has 0 aromatic carbocycles. The number of rotatable bonds is 3. The van der Waals surface area contributed by atoms with Crippen molar-refractivity contribution in [3.05, 3.63) is 52.0 Å². The Hall–Kier alpha value is -1.19. The number of pyridine rings is 1. The van der Waals surface area contributed by atoms with E-state index in [1.54, 1.807) is 11.3 Å². The number of thiophene rings is 1. The van der Waals surface area contributed by atoms with E-state index in [0.717, 1.165) is 17.7 Å². The van der Waals surface area contributed by atoms with Crippen LogP contribution in [0.2, 0.25) is 0 Å². The van der Waals surface area contributed by atoms with Gasteiger partial charge in [0.05, 0.1) is 0 Å². The highest BCUT2D eigenvalue weighted by Gasteiger charge is 2.07. The molecule has 1 unspecified atom stereocenters. The van der Waals surface area contributed by atoms with Crippen molar-refractivity contribution in [3.8, 4) is 0 Å². The van der Waals surface area contributed by atoms with Gasteiger partial charge in [-0.2, -0.15) is 11.3 Å². The minimum atomic E-state index is 0.0488. The summed E-state index contributed by atoms with van der Waals surface area (Å²) < 4.78 is 0. The standard InChI is InChI=1S/C12H14N2S/c1-9-2-3-11(7-14-9)12(13)6-10-4-5-15-8-10/h2-5,7-8,12H,6,13H2,1H3. The fourth-order valence-electron chi connectivity index (χ4n) is 1.48. The molecule has 0 aliphatic heterocycles. The molecule has 1 atom stereocenters. The second kappa shape index (κ2) is 4.55. The molecule has 2 aromatic rings. The highest BCUT2D eigenvalue weighted by Crippen LogP contribution is 2.17. The fourth-order valence-corrected chi connectivity index (χ4v) is 2.16. The highest BCUT2D eigenvalue weighted by molar-refractivity contribution is 7.07. The van der Waals surface area contributed by atoms with E-state index in [0.29, 0.717) is 0 Å². The molecule has 2 aromatic heterocycles. The molecule has 0 aliphatic carbocycles. The Morgan fingerprint density at radius 3 is 2.87 bits per heavy atom. The summed E-state index contributed by atoms with van der Waals surface area (Å²) in [5, 5.41) is 4.22. The molecule has 15 heavy (non-hydrogen) atoms. The minimum absolute atomic E-state index is 0.0488. The Labute approximate surface area is 93.8 Å². The third-order valence-corrected chi connectivity index (χ3v) is 3.13. The van der Waals surface area contributed by atoms with E-state index in [1.165, 1.54) is 5.56 Å². The topological polar surface area (TPSA) is 38.9 Å². The molecule has 0 saturated carbocycles. The number of aromatic nitrogens is 1. The highest BCUT2D eigenvalue weighted by atomic mass is 32.1. The Morgan fingerprint density at radius 2 is 2.27 bits per heavy atom. The maximum atomic E-state index is 6.10. The van der Waals surface area contributed by atoms with Gasteiger partial charge in [0.15, 0.2) is 0 Å². The Bertz CT molecular complexity index is 406. The summed E-state index contributed by atoms with van der Waals surface area (Å²) in [7, 11) is 0.